The predicted octanol–water partition coefficient (Wildman–Crippen LogP) is 4.97. The number of nitrogens with zero attached hydrogens (tertiary/aromatic N) is 2. The van der Waals surface area contributed by atoms with Crippen LogP contribution in [-0.2, 0) is 17.4 Å². The highest BCUT2D eigenvalue weighted by Gasteiger charge is 2.36. The van der Waals surface area contributed by atoms with Gasteiger partial charge in [0.15, 0.2) is 0 Å². The lowest BCUT2D eigenvalue weighted by Crippen LogP contribution is -2.41. The minimum Gasteiger partial charge on any atom is -0.342 e. The molecule has 32 heavy (non-hydrogen) atoms. The maximum Gasteiger partial charge on any atom is 0.418 e. The van der Waals surface area contributed by atoms with E-state index >= 15 is 0 Å². The zero-order valence-electron chi connectivity index (χ0n) is 17.0. The molecule has 1 aliphatic rings. The molecular weight excluding hydrogens is 439 g/mol. The number of hydrogen-bond acceptors (Lipinski definition) is 3. The van der Waals surface area contributed by atoms with E-state index in [0.29, 0.717) is 25.9 Å². The Kier molecular flexibility index (Phi) is 5.08. The summed E-state index contributed by atoms with van der Waals surface area (Å²) in [6.45, 7) is 0.801. The molecule has 1 fully saturated rings. The number of fused-ring (bicyclic) bond motifs is 2. The molecule has 1 N–H and O–H groups in total. The summed E-state index contributed by atoms with van der Waals surface area (Å²) in [6.07, 6.45) is -3.43. The Labute approximate surface area is 185 Å². The number of carbonyl (C=O) groups excluding carboxylic acids is 1. The van der Waals surface area contributed by atoms with E-state index in [0.717, 1.165) is 17.0 Å². The molecular formula is C23H20F3N3O2S. The van der Waals surface area contributed by atoms with E-state index in [1.54, 1.807) is 16.2 Å². The number of thiophene rings is 1. The van der Waals surface area contributed by atoms with Gasteiger partial charge in [-0.05, 0) is 59.5 Å². The lowest BCUT2D eigenvalue weighted by atomic mass is 10.0. The van der Waals surface area contributed by atoms with Gasteiger partial charge in [-0.1, -0.05) is 12.1 Å². The summed E-state index contributed by atoms with van der Waals surface area (Å²) >= 11 is 1.65. The van der Waals surface area contributed by atoms with Crippen molar-refractivity contribution in [3.05, 3.63) is 69.5 Å². The number of amides is 1. The van der Waals surface area contributed by atoms with Crippen LogP contribution < -0.4 is 5.69 Å². The lowest BCUT2D eigenvalue weighted by molar-refractivity contribution is -0.136. The van der Waals surface area contributed by atoms with Crippen LogP contribution in [-0.4, -0.2) is 33.4 Å². The van der Waals surface area contributed by atoms with Crippen LogP contribution in [0.5, 0.6) is 0 Å². The van der Waals surface area contributed by atoms with Gasteiger partial charge in [-0.15, -0.1) is 11.3 Å². The molecule has 1 amide bonds. The van der Waals surface area contributed by atoms with E-state index < -0.39 is 23.5 Å². The van der Waals surface area contributed by atoms with Crippen LogP contribution in [0.2, 0.25) is 0 Å². The Hall–Kier alpha value is -3.07. The van der Waals surface area contributed by atoms with E-state index in [2.05, 4.69) is 4.98 Å². The van der Waals surface area contributed by atoms with Gasteiger partial charge in [0.2, 0.25) is 5.91 Å². The third kappa shape index (κ3) is 3.70. The molecule has 4 aromatic rings. The SMILES string of the molecule is O=C(Cc1ccc2sccc2c1)N1CCC(n2c(=O)[nH]c3cccc(C(F)(F)F)c32)CC1. The van der Waals surface area contributed by atoms with Gasteiger partial charge in [-0.25, -0.2) is 4.79 Å². The van der Waals surface area contributed by atoms with Crippen molar-refractivity contribution >= 4 is 38.4 Å². The van der Waals surface area contributed by atoms with Crippen LogP contribution in [0.1, 0.15) is 30.0 Å². The maximum absolute atomic E-state index is 13.5. The summed E-state index contributed by atoms with van der Waals surface area (Å²) in [5, 5.41) is 3.12. The quantitative estimate of drug-likeness (QED) is 0.470. The fourth-order valence-corrected chi connectivity index (χ4v) is 5.31. The van der Waals surface area contributed by atoms with E-state index in [9.17, 15) is 22.8 Å². The van der Waals surface area contributed by atoms with Crippen molar-refractivity contribution in [2.45, 2.75) is 31.5 Å². The summed E-state index contributed by atoms with van der Waals surface area (Å²) in [5.41, 5.74) is -0.377. The van der Waals surface area contributed by atoms with Gasteiger partial charge in [0.1, 0.15) is 0 Å². The zero-order valence-corrected chi connectivity index (χ0v) is 17.8. The van der Waals surface area contributed by atoms with Crippen LogP contribution in [0.15, 0.2) is 52.6 Å². The Balaban J connectivity index is 1.33. The van der Waals surface area contributed by atoms with E-state index in [-0.39, 0.29) is 23.4 Å². The number of H-pyrrole nitrogens is 1. The van der Waals surface area contributed by atoms with Crippen molar-refractivity contribution in [3.63, 3.8) is 0 Å². The highest BCUT2D eigenvalue weighted by molar-refractivity contribution is 7.17. The lowest BCUT2D eigenvalue weighted by Gasteiger charge is -2.33. The number of aromatic amines is 1. The molecule has 1 aliphatic heterocycles. The van der Waals surface area contributed by atoms with Crippen molar-refractivity contribution in [3.8, 4) is 0 Å². The Morgan fingerprint density at radius 2 is 1.91 bits per heavy atom. The molecule has 2 aromatic heterocycles. The first-order chi connectivity index (χ1) is 15.3. The maximum atomic E-state index is 13.5. The van der Waals surface area contributed by atoms with Crippen molar-refractivity contribution in [2.24, 2.45) is 0 Å². The smallest absolute Gasteiger partial charge is 0.342 e. The molecule has 0 spiro atoms. The van der Waals surface area contributed by atoms with Gasteiger partial charge in [0.05, 0.1) is 23.0 Å². The Bertz CT molecular complexity index is 1360. The minimum atomic E-state index is -4.56. The number of halogens is 3. The number of piperidine rings is 1. The minimum absolute atomic E-state index is 0.0136. The number of hydrogen-bond donors (Lipinski definition) is 1. The van der Waals surface area contributed by atoms with E-state index in [1.807, 2.05) is 29.6 Å². The van der Waals surface area contributed by atoms with Gasteiger partial charge in [0.25, 0.3) is 0 Å². The number of aromatic nitrogens is 2. The number of rotatable bonds is 3. The fraction of sp³-hybridized carbons (Fsp3) is 0.304. The number of nitrogens with one attached hydrogen (secondary N) is 1. The highest BCUT2D eigenvalue weighted by Crippen LogP contribution is 2.36. The Morgan fingerprint density at radius 3 is 2.66 bits per heavy atom. The van der Waals surface area contributed by atoms with Crippen molar-refractivity contribution < 1.29 is 18.0 Å². The second kappa shape index (κ2) is 7.81. The number of imidazole rings is 1. The molecule has 5 nitrogen and oxygen atoms in total. The second-order valence-corrected chi connectivity index (χ2v) is 9.03. The number of alkyl halides is 3. The van der Waals surface area contributed by atoms with Crippen LogP contribution in [0.25, 0.3) is 21.1 Å². The number of carbonyl (C=O) groups is 1. The van der Waals surface area contributed by atoms with Gasteiger partial charge < -0.3 is 9.88 Å². The first-order valence-corrected chi connectivity index (χ1v) is 11.2. The third-order valence-electron chi connectivity index (χ3n) is 6.10. The molecule has 0 radical (unpaired) electrons. The second-order valence-electron chi connectivity index (χ2n) is 8.08. The molecule has 0 saturated carbocycles. The van der Waals surface area contributed by atoms with E-state index in [4.69, 9.17) is 0 Å². The average Bonchev–Trinajstić information content (AvgIpc) is 3.35. The van der Waals surface area contributed by atoms with Gasteiger partial charge in [-0.2, -0.15) is 13.2 Å². The molecule has 0 unspecified atom stereocenters. The monoisotopic (exact) mass is 459 g/mol. The number of benzene rings is 2. The summed E-state index contributed by atoms with van der Waals surface area (Å²) in [6, 6.07) is 11.4. The average molecular weight is 459 g/mol. The van der Waals surface area contributed by atoms with Crippen LogP contribution in [0.4, 0.5) is 13.2 Å². The first kappa shape index (κ1) is 20.8. The van der Waals surface area contributed by atoms with Crippen LogP contribution >= 0.6 is 11.3 Å². The van der Waals surface area contributed by atoms with Crippen molar-refractivity contribution in [2.75, 3.05) is 13.1 Å². The van der Waals surface area contributed by atoms with Crippen molar-refractivity contribution in [1.82, 2.24) is 14.5 Å². The number of likely N-dealkylation sites (tertiary alicyclic amines) is 1. The standard InChI is InChI=1S/C23H20F3N3O2S/c24-23(25,26)17-2-1-3-18-21(17)29(22(31)27-18)16-6-9-28(10-7-16)20(30)13-14-4-5-19-15(12-14)8-11-32-19/h1-5,8,11-12,16H,6-7,9-10,13H2,(H,27,31). The van der Waals surface area contributed by atoms with Crippen LogP contribution in [0.3, 0.4) is 0 Å². The molecule has 0 atom stereocenters. The number of para-hydroxylation sites is 1. The Morgan fingerprint density at radius 1 is 1.12 bits per heavy atom. The first-order valence-electron chi connectivity index (χ1n) is 10.4. The summed E-state index contributed by atoms with van der Waals surface area (Å²) < 4.78 is 43.0. The predicted molar refractivity (Wildman–Crippen MR) is 118 cm³/mol. The highest BCUT2D eigenvalue weighted by atomic mass is 32.1. The third-order valence-corrected chi connectivity index (χ3v) is 7.00. The summed E-state index contributed by atoms with van der Waals surface area (Å²) in [5.74, 6) is -0.0136. The van der Waals surface area contributed by atoms with Crippen molar-refractivity contribution in [1.29, 1.82) is 0 Å². The molecule has 9 heteroatoms. The van der Waals surface area contributed by atoms with Gasteiger partial charge in [-0.3, -0.25) is 9.36 Å². The summed E-state index contributed by atoms with van der Waals surface area (Å²) in [4.78, 5) is 29.6. The normalized spacial score (nSPS) is 15.7. The molecule has 166 valence electrons. The fourth-order valence-electron chi connectivity index (χ4n) is 4.54. The van der Waals surface area contributed by atoms with Crippen LogP contribution in [0, 0.1) is 0 Å². The summed E-state index contributed by atoms with van der Waals surface area (Å²) in [7, 11) is 0. The molecule has 0 bridgehead atoms. The zero-order chi connectivity index (χ0) is 22.5. The van der Waals surface area contributed by atoms with Gasteiger partial charge >= 0.3 is 11.9 Å². The molecule has 5 rings (SSSR count). The van der Waals surface area contributed by atoms with Gasteiger partial charge in [0, 0.05) is 23.8 Å². The molecule has 0 aliphatic carbocycles. The molecule has 1 saturated heterocycles. The molecule has 2 aromatic carbocycles. The topological polar surface area (TPSA) is 58.1 Å². The molecule has 3 heterocycles. The van der Waals surface area contributed by atoms with E-state index in [1.165, 1.54) is 21.4 Å². The largest absolute Gasteiger partial charge is 0.418 e.